The summed E-state index contributed by atoms with van der Waals surface area (Å²) in [4.78, 5) is 39.6. The summed E-state index contributed by atoms with van der Waals surface area (Å²) in [6, 6.07) is 8.08. The van der Waals surface area contributed by atoms with E-state index in [2.05, 4.69) is 0 Å². The molecule has 3 aromatic rings. The van der Waals surface area contributed by atoms with Crippen LogP contribution in [0.15, 0.2) is 36.4 Å². The Balaban J connectivity index is 2.05. The second kappa shape index (κ2) is 14.1. The summed E-state index contributed by atoms with van der Waals surface area (Å²) in [6.07, 6.45) is 0. The molecule has 0 aliphatic rings. The maximum Gasteiger partial charge on any atom is 1.20 e. The lowest BCUT2D eigenvalue weighted by Crippen LogP contribution is -2.35. The molecule has 3 aromatic carbocycles. The molecule has 0 atom stereocenters. The molecule has 0 heterocycles. The lowest BCUT2D eigenvalue weighted by Gasteiger charge is -2.18. The standard InChI is InChI=1S/3C8H6Cl2O3.Al/c3*1-13-7-5(10)3-2-4(9)6(7)8(11)12;/h3*2-3H,1H3,(H,11,12);/q;;;+3/p-3. The first-order valence-corrected chi connectivity index (χ1v) is 14.3. The maximum absolute atomic E-state index is 13.2. The minimum atomic E-state index is -4.14. The van der Waals surface area contributed by atoms with Gasteiger partial charge in [-0.15, -0.1) is 0 Å². The maximum atomic E-state index is 13.2. The zero-order valence-corrected chi connectivity index (χ0v) is 26.2. The first-order chi connectivity index (χ1) is 18.9. The van der Waals surface area contributed by atoms with Gasteiger partial charge in [-0.1, -0.05) is 69.6 Å². The van der Waals surface area contributed by atoms with Crippen molar-refractivity contribution in [3.63, 3.8) is 0 Å². The summed E-state index contributed by atoms with van der Waals surface area (Å²) in [7, 11) is 3.72. The summed E-state index contributed by atoms with van der Waals surface area (Å²) in [5.74, 6) is -3.96. The second-order valence-corrected chi connectivity index (χ2v) is 11.0. The Kier molecular flexibility index (Phi) is 11.4. The highest BCUT2D eigenvalue weighted by atomic mass is 35.5. The fraction of sp³-hybridized carbons (Fsp3) is 0.125. The first kappa shape index (κ1) is 32.3. The van der Waals surface area contributed by atoms with E-state index in [4.69, 9.17) is 95.2 Å². The van der Waals surface area contributed by atoms with Crippen molar-refractivity contribution in [3.05, 3.63) is 83.2 Å². The summed E-state index contributed by atoms with van der Waals surface area (Å²) in [5.41, 5.74) is -0.964. The topological polar surface area (TPSA) is 107 Å². The van der Waals surface area contributed by atoms with Crippen molar-refractivity contribution < 1.29 is 40.0 Å². The van der Waals surface area contributed by atoms with Crippen LogP contribution in [-0.4, -0.2) is 54.4 Å². The van der Waals surface area contributed by atoms with Crippen molar-refractivity contribution >= 4 is 103 Å². The van der Waals surface area contributed by atoms with Gasteiger partial charge < -0.3 is 25.6 Å². The normalized spacial score (nSPS) is 10.4. The molecule has 0 saturated carbocycles. The van der Waals surface area contributed by atoms with E-state index in [9.17, 15) is 14.4 Å². The molecule has 0 N–H and O–H groups in total. The molecule has 0 spiro atoms. The van der Waals surface area contributed by atoms with E-state index in [0.29, 0.717) is 0 Å². The molecule has 0 radical (unpaired) electrons. The molecule has 40 heavy (non-hydrogen) atoms. The third-order valence-corrected chi connectivity index (χ3v) is 8.07. The van der Waals surface area contributed by atoms with E-state index in [1.807, 2.05) is 0 Å². The minimum Gasteiger partial charge on any atom is -0.547 e. The van der Waals surface area contributed by atoms with Crippen LogP contribution in [0.2, 0.25) is 30.1 Å². The number of benzene rings is 3. The van der Waals surface area contributed by atoms with E-state index >= 15 is 0 Å². The van der Waals surface area contributed by atoms with Crippen LogP contribution in [0, 0.1) is 0 Å². The average molecular weight is 687 g/mol. The third kappa shape index (κ3) is 6.96. The second-order valence-electron chi connectivity index (χ2n) is 7.32. The van der Waals surface area contributed by atoms with Gasteiger partial charge in [0.25, 0.3) is 0 Å². The SMILES string of the molecule is COc1c(Cl)ccc(Cl)c1C(=O)[O][Al]([O]C(=O)c1c(Cl)ccc(Cl)c1OC)[O]C(=O)c1c(Cl)ccc(Cl)c1OC. The molecule has 0 bridgehead atoms. The van der Waals surface area contributed by atoms with Gasteiger partial charge in [-0.2, -0.15) is 0 Å². The van der Waals surface area contributed by atoms with Gasteiger partial charge in [-0.05, 0) is 36.4 Å². The van der Waals surface area contributed by atoms with E-state index in [0.717, 1.165) is 0 Å². The zero-order valence-electron chi connectivity index (χ0n) is 20.5. The summed E-state index contributed by atoms with van der Waals surface area (Å²) in [6.45, 7) is 0. The lowest BCUT2D eigenvalue weighted by atomic mass is 10.2. The number of ether oxygens (including phenoxy) is 3. The van der Waals surface area contributed by atoms with Gasteiger partial charge in [0.05, 0.1) is 51.5 Å². The predicted molar refractivity (Wildman–Crippen MR) is 151 cm³/mol. The molecule has 0 amide bonds. The molecule has 16 heteroatoms. The van der Waals surface area contributed by atoms with Crippen LogP contribution in [0.5, 0.6) is 17.2 Å². The van der Waals surface area contributed by atoms with Crippen LogP contribution in [0.3, 0.4) is 0 Å². The Bertz CT molecular complexity index is 1310. The fourth-order valence-electron chi connectivity index (χ4n) is 3.28. The van der Waals surface area contributed by atoms with Crippen LogP contribution in [0.1, 0.15) is 31.1 Å². The van der Waals surface area contributed by atoms with Gasteiger partial charge in [0.15, 0.2) is 17.2 Å². The van der Waals surface area contributed by atoms with Gasteiger partial charge in [0, 0.05) is 0 Å². The molecule has 3 rings (SSSR count). The van der Waals surface area contributed by atoms with Gasteiger partial charge >= 0.3 is 33.1 Å². The Morgan fingerprint density at radius 2 is 0.700 bits per heavy atom. The number of methoxy groups -OCH3 is 3. The van der Waals surface area contributed by atoms with Gasteiger partial charge in [-0.25, -0.2) is 14.4 Å². The van der Waals surface area contributed by atoms with Crippen LogP contribution in [-0.2, 0) is 11.4 Å². The Hall–Kier alpha value is -2.26. The predicted octanol–water partition coefficient (Wildman–Crippen LogP) is 7.49. The third-order valence-electron chi connectivity index (χ3n) is 5.01. The minimum absolute atomic E-state index is 0.0250. The monoisotopic (exact) mass is 684 g/mol. The fourth-order valence-corrected chi connectivity index (χ4v) is 5.68. The number of carbonyl (C=O) groups excluding carboxylic acids is 3. The quantitative estimate of drug-likeness (QED) is 0.212. The van der Waals surface area contributed by atoms with Crippen molar-refractivity contribution in [1.29, 1.82) is 0 Å². The van der Waals surface area contributed by atoms with Crippen molar-refractivity contribution in [1.82, 2.24) is 0 Å². The molecule has 0 aliphatic carbocycles. The van der Waals surface area contributed by atoms with Crippen LogP contribution in [0.25, 0.3) is 0 Å². The number of rotatable bonds is 9. The summed E-state index contributed by atoms with van der Waals surface area (Å²) < 4.78 is 31.5. The van der Waals surface area contributed by atoms with E-state index in [1.54, 1.807) is 0 Å². The zero-order chi connectivity index (χ0) is 29.7. The number of carbonyl (C=O) groups is 3. The smallest absolute Gasteiger partial charge is 0.547 e. The van der Waals surface area contributed by atoms with E-state index in [-0.39, 0.29) is 64.1 Å². The molecule has 0 aliphatic heterocycles. The largest absolute Gasteiger partial charge is 1.20 e. The molecule has 210 valence electrons. The van der Waals surface area contributed by atoms with E-state index < -0.39 is 33.1 Å². The van der Waals surface area contributed by atoms with Crippen molar-refractivity contribution in [3.8, 4) is 17.2 Å². The highest BCUT2D eigenvalue weighted by molar-refractivity contribution is 6.48. The number of halogens is 6. The summed E-state index contributed by atoms with van der Waals surface area (Å²) in [5, 5.41) is -0.270. The number of hydrogen-bond acceptors (Lipinski definition) is 9. The van der Waals surface area contributed by atoms with Crippen LogP contribution < -0.4 is 14.2 Å². The van der Waals surface area contributed by atoms with Crippen LogP contribution >= 0.6 is 69.6 Å². The van der Waals surface area contributed by atoms with Crippen molar-refractivity contribution in [2.75, 3.05) is 21.3 Å². The first-order valence-electron chi connectivity index (χ1n) is 10.6. The number of hydrogen-bond donors (Lipinski definition) is 0. The van der Waals surface area contributed by atoms with Gasteiger partial charge in [0.2, 0.25) is 0 Å². The molecule has 9 nitrogen and oxygen atoms in total. The highest BCUT2D eigenvalue weighted by Gasteiger charge is 2.51. The Labute approximate surface area is 262 Å². The molecular weight excluding hydrogens is 672 g/mol. The molecule has 0 aromatic heterocycles. The molecule has 0 saturated heterocycles. The Morgan fingerprint density at radius 3 is 0.925 bits per heavy atom. The van der Waals surface area contributed by atoms with Crippen molar-refractivity contribution in [2.45, 2.75) is 0 Å². The lowest BCUT2D eigenvalue weighted by molar-refractivity contribution is 0.0407. The molecule has 0 fully saturated rings. The van der Waals surface area contributed by atoms with Gasteiger partial charge in [-0.3, -0.25) is 0 Å². The summed E-state index contributed by atoms with van der Waals surface area (Å²) >= 11 is 32.7. The van der Waals surface area contributed by atoms with E-state index in [1.165, 1.54) is 57.7 Å². The van der Waals surface area contributed by atoms with Crippen molar-refractivity contribution in [2.24, 2.45) is 0 Å². The van der Waals surface area contributed by atoms with Crippen LogP contribution in [0.4, 0.5) is 0 Å². The van der Waals surface area contributed by atoms with Gasteiger partial charge in [0.1, 0.15) is 16.7 Å². The average Bonchev–Trinajstić information content (AvgIpc) is 2.91. The highest BCUT2D eigenvalue weighted by Crippen LogP contribution is 2.37. The molecular formula is C24H15AlCl6O9. The molecule has 0 unspecified atom stereocenters. The Morgan fingerprint density at radius 1 is 0.475 bits per heavy atom.